The lowest BCUT2D eigenvalue weighted by molar-refractivity contribution is -0.136. The third kappa shape index (κ3) is 5.08. The lowest BCUT2D eigenvalue weighted by atomic mass is 9.99. The van der Waals surface area contributed by atoms with Gasteiger partial charge in [-0.2, -0.15) is 13.2 Å². The smallest absolute Gasteiger partial charge is 0.310 e. The Kier molecular flexibility index (Phi) is 5.66. The first-order valence-electron chi connectivity index (χ1n) is 6.35. The van der Waals surface area contributed by atoms with Crippen molar-refractivity contribution in [1.29, 1.82) is 0 Å². The summed E-state index contributed by atoms with van der Waals surface area (Å²) < 4.78 is 36.9. The minimum absolute atomic E-state index is 0.0878. The molecule has 18 heavy (non-hydrogen) atoms. The molecule has 0 saturated carbocycles. The fourth-order valence-corrected chi connectivity index (χ4v) is 1.97. The number of benzene rings is 1. The lowest BCUT2D eigenvalue weighted by Gasteiger charge is -2.20. The molecule has 0 bridgehead atoms. The Bertz CT molecular complexity index is 360. The normalized spacial score (nSPS) is 13.6. The van der Waals surface area contributed by atoms with Gasteiger partial charge >= 0.3 is 6.18 Å². The SMILES string of the molecule is CCNC(CCC(F)(F)F)c1cccc(CC)c1. The van der Waals surface area contributed by atoms with Crippen molar-refractivity contribution < 1.29 is 13.2 Å². The number of halogens is 3. The molecule has 1 nitrogen and oxygen atoms in total. The fourth-order valence-electron chi connectivity index (χ4n) is 1.97. The Hall–Kier alpha value is -1.03. The van der Waals surface area contributed by atoms with E-state index in [4.69, 9.17) is 0 Å². The van der Waals surface area contributed by atoms with Crippen molar-refractivity contribution in [2.45, 2.75) is 45.3 Å². The molecule has 0 aliphatic carbocycles. The molecule has 1 unspecified atom stereocenters. The second kappa shape index (κ2) is 6.78. The zero-order valence-corrected chi connectivity index (χ0v) is 10.8. The van der Waals surface area contributed by atoms with Crippen molar-refractivity contribution in [1.82, 2.24) is 5.32 Å². The highest BCUT2D eigenvalue weighted by Gasteiger charge is 2.28. The average Bonchev–Trinajstić information content (AvgIpc) is 2.33. The Morgan fingerprint density at radius 2 is 1.94 bits per heavy atom. The van der Waals surface area contributed by atoms with Crippen molar-refractivity contribution in [2.24, 2.45) is 0 Å². The predicted octanol–water partition coefficient (Wildman–Crippen LogP) is 4.24. The van der Waals surface area contributed by atoms with Gasteiger partial charge in [-0.3, -0.25) is 0 Å². The summed E-state index contributed by atoms with van der Waals surface area (Å²) in [5.74, 6) is 0. The second-order valence-electron chi connectivity index (χ2n) is 4.36. The van der Waals surface area contributed by atoms with Crippen molar-refractivity contribution in [3.8, 4) is 0 Å². The standard InChI is InChI=1S/C14H20F3N/c1-3-11-6-5-7-12(10-11)13(18-4-2)8-9-14(15,16)17/h5-7,10,13,18H,3-4,8-9H2,1-2H3. The first kappa shape index (κ1) is 15.0. The van der Waals surface area contributed by atoms with Crippen LogP contribution in [0.3, 0.4) is 0 Å². The first-order chi connectivity index (χ1) is 8.46. The largest absolute Gasteiger partial charge is 0.389 e. The maximum absolute atomic E-state index is 12.3. The molecule has 0 aromatic heterocycles. The molecule has 1 N–H and O–H groups in total. The molecule has 0 amide bonds. The molecule has 4 heteroatoms. The van der Waals surface area contributed by atoms with Crippen molar-refractivity contribution >= 4 is 0 Å². The van der Waals surface area contributed by atoms with E-state index in [1.165, 1.54) is 0 Å². The minimum Gasteiger partial charge on any atom is -0.310 e. The maximum Gasteiger partial charge on any atom is 0.389 e. The molecule has 1 aromatic carbocycles. The van der Waals surface area contributed by atoms with Gasteiger partial charge in [0, 0.05) is 12.5 Å². The summed E-state index contributed by atoms with van der Waals surface area (Å²) in [6, 6.07) is 7.57. The molecule has 0 fully saturated rings. The van der Waals surface area contributed by atoms with Gasteiger partial charge in [-0.25, -0.2) is 0 Å². The molecule has 1 rings (SSSR count). The second-order valence-corrected chi connectivity index (χ2v) is 4.36. The molecule has 102 valence electrons. The highest BCUT2D eigenvalue weighted by Crippen LogP contribution is 2.27. The topological polar surface area (TPSA) is 12.0 Å². The van der Waals surface area contributed by atoms with Crippen LogP contribution >= 0.6 is 0 Å². The van der Waals surface area contributed by atoms with Crippen LogP contribution in [0, 0.1) is 0 Å². The lowest BCUT2D eigenvalue weighted by Crippen LogP contribution is -2.23. The fraction of sp³-hybridized carbons (Fsp3) is 0.571. The summed E-state index contributed by atoms with van der Waals surface area (Å²) in [6.07, 6.45) is -3.85. The molecule has 0 saturated heterocycles. The van der Waals surface area contributed by atoms with Gasteiger partial charge in [0.2, 0.25) is 0 Å². The molecule has 0 radical (unpaired) electrons. The van der Waals surface area contributed by atoms with E-state index in [1.54, 1.807) is 0 Å². The highest BCUT2D eigenvalue weighted by molar-refractivity contribution is 5.26. The molecule has 0 aliphatic heterocycles. The quantitative estimate of drug-likeness (QED) is 0.805. The Labute approximate surface area is 106 Å². The number of hydrogen-bond acceptors (Lipinski definition) is 1. The van der Waals surface area contributed by atoms with E-state index in [0.717, 1.165) is 17.5 Å². The number of alkyl halides is 3. The van der Waals surface area contributed by atoms with E-state index in [9.17, 15) is 13.2 Å². The van der Waals surface area contributed by atoms with E-state index in [1.807, 2.05) is 38.1 Å². The van der Waals surface area contributed by atoms with Crippen LogP contribution in [0.25, 0.3) is 0 Å². The first-order valence-corrected chi connectivity index (χ1v) is 6.35. The van der Waals surface area contributed by atoms with E-state index in [2.05, 4.69) is 5.32 Å². The van der Waals surface area contributed by atoms with E-state index >= 15 is 0 Å². The van der Waals surface area contributed by atoms with Crippen LogP contribution in [0.4, 0.5) is 13.2 Å². The molecular weight excluding hydrogens is 239 g/mol. The van der Waals surface area contributed by atoms with Crippen LogP contribution in [-0.4, -0.2) is 12.7 Å². The summed E-state index contributed by atoms with van der Waals surface area (Å²) in [6.45, 7) is 4.61. The molecule has 0 spiro atoms. The monoisotopic (exact) mass is 259 g/mol. The van der Waals surface area contributed by atoms with Crippen LogP contribution in [0.2, 0.25) is 0 Å². The maximum atomic E-state index is 12.3. The van der Waals surface area contributed by atoms with Crippen LogP contribution in [0.5, 0.6) is 0 Å². The molecule has 0 aliphatic rings. The third-order valence-electron chi connectivity index (χ3n) is 2.93. The molecular formula is C14H20F3N. The zero-order valence-electron chi connectivity index (χ0n) is 10.8. The van der Waals surface area contributed by atoms with E-state index < -0.39 is 12.6 Å². The Balaban J connectivity index is 2.76. The zero-order chi connectivity index (χ0) is 13.6. The van der Waals surface area contributed by atoms with Gasteiger partial charge < -0.3 is 5.32 Å². The van der Waals surface area contributed by atoms with Gasteiger partial charge in [0.1, 0.15) is 0 Å². The van der Waals surface area contributed by atoms with Gasteiger partial charge in [0.05, 0.1) is 0 Å². The van der Waals surface area contributed by atoms with Crippen molar-refractivity contribution in [2.75, 3.05) is 6.54 Å². The van der Waals surface area contributed by atoms with E-state index in [-0.39, 0.29) is 12.5 Å². The third-order valence-corrected chi connectivity index (χ3v) is 2.93. The van der Waals surface area contributed by atoms with Crippen LogP contribution in [-0.2, 0) is 6.42 Å². The number of rotatable bonds is 6. The average molecular weight is 259 g/mol. The van der Waals surface area contributed by atoms with Crippen LogP contribution in [0.15, 0.2) is 24.3 Å². The minimum atomic E-state index is -4.09. The van der Waals surface area contributed by atoms with Gasteiger partial charge in [0.25, 0.3) is 0 Å². The number of aryl methyl sites for hydroxylation is 1. The summed E-state index contributed by atoms with van der Waals surface area (Å²) in [4.78, 5) is 0. The van der Waals surface area contributed by atoms with Crippen molar-refractivity contribution in [3.05, 3.63) is 35.4 Å². The van der Waals surface area contributed by atoms with E-state index in [0.29, 0.717) is 6.54 Å². The number of nitrogens with one attached hydrogen (secondary N) is 1. The molecule has 1 atom stereocenters. The Morgan fingerprint density at radius 1 is 1.22 bits per heavy atom. The summed E-state index contributed by atoms with van der Waals surface area (Å²) in [5.41, 5.74) is 2.10. The molecule has 1 aromatic rings. The highest BCUT2D eigenvalue weighted by atomic mass is 19.4. The van der Waals surface area contributed by atoms with Crippen LogP contribution in [0.1, 0.15) is 43.9 Å². The molecule has 0 heterocycles. The van der Waals surface area contributed by atoms with Gasteiger partial charge in [-0.15, -0.1) is 0 Å². The Morgan fingerprint density at radius 3 is 2.50 bits per heavy atom. The van der Waals surface area contributed by atoms with Gasteiger partial charge in [0.15, 0.2) is 0 Å². The summed E-state index contributed by atoms with van der Waals surface area (Å²) in [5, 5.41) is 3.12. The van der Waals surface area contributed by atoms with Gasteiger partial charge in [-0.05, 0) is 30.5 Å². The van der Waals surface area contributed by atoms with Crippen LogP contribution < -0.4 is 5.32 Å². The predicted molar refractivity (Wildman–Crippen MR) is 67.5 cm³/mol. The van der Waals surface area contributed by atoms with Gasteiger partial charge in [-0.1, -0.05) is 38.1 Å². The summed E-state index contributed by atoms with van der Waals surface area (Å²) >= 11 is 0. The number of hydrogen-bond donors (Lipinski definition) is 1. The summed E-state index contributed by atoms with van der Waals surface area (Å²) in [7, 11) is 0. The van der Waals surface area contributed by atoms with Crippen molar-refractivity contribution in [3.63, 3.8) is 0 Å².